The minimum absolute atomic E-state index is 0.0516. The van der Waals surface area contributed by atoms with Crippen LogP contribution in [0.3, 0.4) is 0 Å². The van der Waals surface area contributed by atoms with Crippen molar-refractivity contribution in [3.05, 3.63) is 11.6 Å². The van der Waals surface area contributed by atoms with Crippen molar-refractivity contribution >= 4 is 5.91 Å². The number of nitrogens with one attached hydrogen (secondary N) is 1. The van der Waals surface area contributed by atoms with Crippen molar-refractivity contribution in [1.29, 1.82) is 0 Å². The number of aliphatic hydroxyl groups is 1. The lowest BCUT2D eigenvalue weighted by Crippen LogP contribution is -2.44. The summed E-state index contributed by atoms with van der Waals surface area (Å²) in [6.45, 7) is 7.47. The van der Waals surface area contributed by atoms with E-state index in [1.165, 1.54) is 31.3 Å². The molecule has 1 aliphatic carbocycles. The summed E-state index contributed by atoms with van der Waals surface area (Å²) in [7, 11) is 0. The third kappa shape index (κ3) is 7.06. The fourth-order valence-corrected chi connectivity index (χ4v) is 2.53. The van der Waals surface area contributed by atoms with E-state index in [0.29, 0.717) is 13.1 Å². The van der Waals surface area contributed by atoms with Gasteiger partial charge in [0.05, 0.1) is 12.6 Å². The van der Waals surface area contributed by atoms with Crippen LogP contribution in [0.5, 0.6) is 0 Å². The predicted molar refractivity (Wildman–Crippen MR) is 82.6 cm³/mol. The maximum atomic E-state index is 11.9. The third-order valence-corrected chi connectivity index (χ3v) is 3.73. The van der Waals surface area contributed by atoms with Gasteiger partial charge in [-0.25, -0.2) is 0 Å². The van der Waals surface area contributed by atoms with Crippen LogP contribution in [0.15, 0.2) is 11.6 Å². The summed E-state index contributed by atoms with van der Waals surface area (Å²) in [6.07, 6.45) is 7.87. The van der Waals surface area contributed by atoms with Crippen LogP contribution in [0.25, 0.3) is 0 Å². The van der Waals surface area contributed by atoms with Gasteiger partial charge in [0.15, 0.2) is 0 Å². The molecule has 0 saturated heterocycles. The van der Waals surface area contributed by atoms with Crippen molar-refractivity contribution in [1.82, 2.24) is 10.2 Å². The molecule has 0 saturated carbocycles. The number of hydrogen-bond acceptors (Lipinski definition) is 3. The molecule has 0 heterocycles. The molecular weight excluding hydrogens is 252 g/mol. The molecule has 0 bridgehead atoms. The average Bonchev–Trinajstić information content (AvgIpc) is 2.38. The van der Waals surface area contributed by atoms with Gasteiger partial charge < -0.3 is 10.4 Å². The normalized spacial score (nSPS) is 17.2. The first-order valence-electron chi connectivity index (χ1n) is 7.85. The quantitative estimate of drug-likeness (QED) is 0.670. The van der Waals surface area contributed by atoms with Gasteiger partial charge in [-0.1, -0.05) is 11.6 Å². The smallest absolute Gasteiger partial charge is 0.234 e. The van der Waals surface area contributed by atoms with Crippen molar-refractivity contribution in [2.24, 2.45) is 0 Å². The molecule has 1 aliphatic rings. The van der Waals surface area contributed by atoms with Crippen molar-refractivity contribution in [3.8, 4) is 0 Å². The number of amides is 1. The zero-order valence-electron chi connectivity index (χ0n) is 13.2. The highest BCUT2D eigenvalue weighted by Crippen LogP contribution is 2.19. The summed E-state index contributed by atoms with van der Waals surface area (Å²) < 4.78 is 0. The van der Waals surface area contributed by atoms with Gasteiger partial charge in [0.1, 0.15) is 0 Å². The van der Waals surface area contributed by atoms with Crippen molar-refractivity contribution in [2.45, 2.75) is 65.0 Å². The third-order valence-electron chi connectivity index (χ3n) is 3.73. The SMILES string of the molecule is CC(O)CN(CC(=O)NCCC1=CCCCC1)C(C)C. The molecule has 116 valence electrons. The molecule has 1 rings (SSSR count). The molecule has 2 N–H and O–H groups in total. The van der Waals surface area contributed by atoms with E-state index in [-0.39, 0.29) is 11.9 Å². The van der Waals surface area contributed by atoms with E-state index in [1.54, 1.807) is 6.92 Å². The second-order valence-corrected chi connectivity index (χ2v) is 6.08. The first-order chi connectivity index (χ1) is 9.49. The Labute approximate surface area is 123 Å². The minimum atomic E-state index is -0.405. The molecule has 0 aromatic heterocycles. The van der Waals surface area contributed by atoms with Gasteiger partial charge in [-0.05, 0) is 52.9 Å². The fourth-order valence-electron chi connectivity index (χ4n) is 2.53. The molecule has 4 heteroatoms. The highest BCUT2D eigenvalue weighted by molar-refractivity contribution is 5.78. The van der Waals surface area contributed by atoms with E-state index >= 15 is 0 Å². The molecule has 1 atom stereocenters. The largest absolute Gasteiger partial charge is 0.392 e. The van der Waals surface area contributed by atoms with Crippen LogP contribution < -0.4 is 5.32 Å². The Morgan fingerprint density at radius 2 is 2.15 bits per heavy atom. The molecule has 4 nitrogen and oxygen atoms in total. The van der Waals surface area contributed by atoms with Crippen LogP contribution in [-0.4, -0.2) is 47.7 Å². The molecule has 0 radical (unpaired) electrons. The molecule has 0 fully saturated rings. The van der Waals surface area contributed by atoms with Crippen molar-refractivity contribution < 1.29 is 9.90 Å². The van der Waals surface area contributed by atoms with Crippen LogP contribution >= 0.6 is 0 Å². The van der Waals surface area contributed by atoms with Gasteiger partial charge in [0.25, 0.3) is 0 Å². The lowest BCUT2D eigenvalue weighted by atomic mass is 9.97. The molecular formula is C16H30N2O2. The number of carbonyl (C=O) groups is 1. The number of aliphatic hydroxyl groups excluding tert-OH is 1. The molecule has 0 aromatic rings. The highest BCUT2D eigenvalue weighted by atomic mass is 16.3. The monoisotopic (exact) mass is 282 g/mol. The van der Waals surface area contributed by atoms with E-state index in [0.717, 1.165) is 13.0 Å². The Morgan fingerprint density at radius 3 is 2.70 bits per heavy atom. The second-order valence-electron chi connectivity index (χ2n) is 6.08. The van der Waals surface area contributed by atoms with Gasteiger partial charge in [-0.15, -0.1) is 0 Å². The van der Waals surface area contributed by atoms with Gasteiger partial charge in [0, 0.05) is 19.1 Å². The summed E-state index contributed by atoms with van der Waals surface area (Å²) >= 11 is 0. The molecule has 1 unspecified atom stereocenters. The van der Waals surface area contributed by atoms with E-state index in [1.807, 2.05) is 18.7 Å². The number of nitrogens with zero attached hydrogens (tertiary/aromatic N) is 1. The van der Waals surface area contributed by atoms with E-state index in [4.69, 9.17) is 0 Å². The van der Waals surface area contributed by atoms with Gasteiger partial charge in [-0.3, -0.25) is 9.69 Å². The molecule has 1 amide bonds. The number of hydrogen-bond donors (Lipinski definition) is 2. The van der Waals surface area contributed by atoms with Crippen LogP contribution in [0.2, 0.25) is 0 Å². The maximum absolute atomic E-state index is 11.9. The van der Waals surface area contributed by atoms with Crippen LogP contribution in [-0.2, 0) is 4.79 Å². The highest BCUT2D eigenvalue weighted by Gasteiger charge is 2.15. The van der Waals surface area contributed by atoms with Crippen LogP contribution in [0, 0.1) is 0 Å². The van der Waals surface area contributed by atoms with E-state index < -0.39 is 6.10 Å². The maximum Gasteiger partial charge on any atom is 0.234 e. The predicted octanol–water partition coefficient (Wildman–Crippen LogP) is 2.08. The lowest BCUT2D eigenvalue weighted by Gasteiger charge is -2.27. The Bertz CT molecular complexity index is 324. The van der Waals surface area contributed by atoms with Crippen molar-refractivity contribution in [2.75, 3.05) is 19.6 Å². The molecule has 0 aromatic carbocycles. The number of carbonyl (C=O) groups excluding carboxylic acids is 1. The number of rotatable bonds is 8. The zero-order chi connectivity index (χ0) is 15.0. The summed E-state index contributed by atoms with van der Waals surface area (Å²) in [5, 5.41) is 12.4. The van der Waals surface area contributed by atoms with Crippen molar-refractivity contribution in [3.63, 3.8) is 0 Å². The Hall–Kier alpha value is -0.870. The molecule has 0 spiro atoms. The molecule has 20 heavy (non-hydrogen) atoms. The Morgan fingerprint density at radius 1 is 1.40 bits per heavy atom. The first-order valence-corrected chi connectivity index (χ1v) is 7.85. The van der Waals surface area contributed by atoms with Crippen LogP contribution in [0.1, 0.15) is 52.9 Å². The van der Waals surface area contributed by atoms with Gasteiger partial charge in [-0.2, -0.15) is 0 Å². The van der Waals surface area contributed by atoms with E-state index in [2.05, 4.69) is 11.4 Å². The standard InChI is InChI=1S/C16H30N2O2/c1-13(2)18(11-14(3)19)12-16(20)17-10-9-15-7-5-4-6-8-15/h7,13-14,19H,4-6,8-12H2,1-3H3,(H,17,20). The Kier molecular flexibility index (Phi) is 7.85. The zero-order valence-corrected chi connectivity index (χ0v) is 13.2. The topological polar surface area (TPSA) is 52.6 Å². The lowest BCUT2D eigenvalue weighted by molar-refractivity contribution is -0.122. The summed E-state index contributed by atoms with van der Waals surface area (Å²) in [5.41, 5.74) is 1.49. The second kappa shape index (κ2) is 9.14. The first kappa shape index (κ1) is 17.2. The number of allylic oxidation sites excluding steroid dienone is 1. The summed E-state index contributed by atoms with van der Waals surface area (Å²) in [5.74, 6) is 0.0516. The van der Waals surface area contributed by atoms with E-state index in [9.17, 15) is 9.90 Å². The van der Waals surface area contributed by atoms with Gasteiger partial charge >= 0.3 is 0 Å². The minimum Gasteiger partial charge on any atom is -0.392 e. The summed E-state index contributed by atoms with van der Waals surface area (Å²) in [6, 6.07) is 0.261. The Balaban J connectivity index is 2.25. The van der Waals surface area contributed by atoms with Crippen LogP contribution in [0.4, 0.5) is 0 Å². The molecule has 0 aliphatic heterocycles. The fraction of sp³-hybridized carbons (Fsp3) is 0.812. The summed E-state index contributed by atoms with van der Waals surface area (Å²) in [4.78, 5) is 13.9. The average molecular weight is 282 g/mol. The van der Waals surface area contributed by atoms with Gasteiger partial charge in [0.2, 0.25) is 5.91 Å².